The Bertz CT molecular complexity index is 668. The molecule has 0 radical (unpaired) electrons. The standard InChI is InChI=1S/C18H25N3O4/c1-5-25-18(24)11-14(4)20-21-17(23)9-8-16(22)19-15-7-6-12(2)13(3)10-15/h6-7,10H,5,8-9,11H2,1-4H3,(H,19,22)(H,21,23)/b20-14+. The SMILES string of the molecule is CCOC(=O)C/C(C)=N/NC(=O)CCC(=O)Nc1ccc(C)c(C)c1. The first-order valence-electron chi connectivity index (χ1n) is 8.16. The van der Waals surface area contributed by atoms with Gasteiger partial charge in [0, 0.05) is 24.2 Å². The van der Waals surface area contributed by atoms with Gasteiger partial charge in [-0.25, -0.2) is 5.43 Å². The van der Waals surface area contributed by atoms with Crippen LogP contribution in [0.5, 0.6) is 0 Å². The quantitative estimate of drug-likeness (QED) is 0.429. The van der Waals surface area contributed by atoms with E-state index in [4.69, 9.17) is 4.74 Å². The Morgan fingerprint density at radius 3 is 2.40 bits per heavy atom. The van der Waals surface area contributed by atoms with Crippen LogP contribution in [0.4, 0.5) is 5.69 Å². The van der Waals surface area contributed by atoms with Gasteiger partial charge < -0.3 is 10.1 Å². The molecule has 0 bridgehead atoms. The van der Waals surface area contributed by atoms with Crippen LogP contribution >= 0.6 is 0 Å². The molecule has 0 saturated heterocycles. The first-order chi connectivity index (χ1) is 11.8. The van der Waals surface area contributed by atoms with E-state index in [1.165, 1.54) is 0 Å². The third kappa shape index (κ3) is 8.10. The molecule has 0 atom stereocenters. The minimum Gasteiger partial charge on any atom is -0.466 e. The molecule has 25 heavy (non-hydrogen) atoms. The fraction of sp³-hybridized carbons (Fsp3) is 0.444. The van der Waals surface area contributed by atoms with E-state index in [-0.39, 0.29) is 25.2 Å². The van der Waals surface area contributed by atoms with Crippen LogP contribution in [0.3, 0.4) is 0 Å². The van der Waals surface area contributed by atoms with Gasteiger partial charge in [-0.1, -0.05) is 6.07 Å². The minimum atomic E-state index is -0.397. The lowest BCUT2D eigenvalue weighted by Crippen LogP contribution is -2.22. The predicted molar refractivity (Wildman–Crippen MR) is 96.3 cm³/mol. The average Bonchev–Trinajstić information content (AvgIpc) is 2.54. The Morgan fingerprint density at radius 1 is 1.08 bits per heavy atom. The average molecular weight is 347 g/mol. The second-order valence-corrected chi connectivity index (χ2v) is 5.71. The monoisotopic (exact) mass is 347 g/mol. The maximum atomic E-state index is 11.9. The van der Waals surface area contributed by atoms with Crippen molar-refractivity contribution in [3.63, 3.8) is 0 Å². The van der Waals surface area contributed by atoms with E-state index in [1.54, 1.807) is 13.8 Å². The fourth-order valence-corrected chi connectivity index (χ4v) is 1.94. The Kier molecular flexibility index (Phi) is 8.32. The van der Waals surface area contributed by atoms with Crippen LogP contribution < -0.4 is 10.7 Å². The summed E-state index contributed by atoms with van der Waals surface area (Å²) in [7, 11) is 0. The largest absolute Gasteiger partial charge is 0.466 e. The predicted octanol–water partition coefficient (Wildman–Crippen LogP) is 2.47. The summed E-state index contributed by atoms with van der Waals surface area (Å²) < 4.78 is 4.79. The molecule has 0 aliphatic heterocycles. The van der Waals surface area contributed by atoms with Gasteiger partial charge in [-0.2, -0.15) is 5.10 Å². The van der Waals surface area contributed by atoms with Crippen molar-refractivity contribution in [1.29, 1.82) is 0 Å². The summed E-state index contributed by atoms with van der Waals surface area (Å²) in [6.07, 6.45) is 0.0689. The molecule has 1 aromatic rings. The van der Waals surface area contributed by atoms with Crippen LogP contribution in [0.2, 0.25) is 0 Å². The summed E-state index contributed by atoms with van der Waals surface area (Å²) in [6.45, 7) is 7.59. The molecule has 0 aliphatic rings. The number of esters is 1. The van der Waals surface area contributed by atoms with Crippen molar-refractivity contribution in [3.05, 3.63) is 29.3 Å². The molecule has 1 rings (SSSR count). The Morgan fingerprint density at radius 2 is 1.76 bits per heavy atom. The summed E-state index contributed by atoms with van der Waals surface area (Å²) in [5.41, 5.74) is 5.70. The number of hydrogen-bond donors (Lipinski definition) is 2. The van der Waals surface area contributed by atoms with Gasteiger partial charge in [0.15, 0.2) is 0 Å². The third-order valence-corrected chi connectivity index (χ3v) is 3.45. The van der Waals surface area contributed by atoms with Crippen LogP contribution in [0.25, 0.3) is 0 Å². The molecule has 0 aromatic heterocycles. The molecule has 1 aromatic carbocycles. The van der Waals surface area contributed by atoms with Crippen molar-refractivity contribution in [1.82, 2.24) is 5.43 Å². The molecule has 2 amide bonds. The molecule has 0 aliphatic carbocycles. The Hall–Kier alpha value is -2.70. The van der Waals surface area contributed by atoms with Gasteiger partial charge in [0.1, 0.15) is 0 Å². The molecule has 0 fully saturated rings. The molecular formula is C18H25N3O4. The number of nitrogens with one attached hydrogen (secondary N) is 2. The van der Waals surface area contributed by atoms with Crippen molar-refractivity contribution in [2.45, 2.75) is 47.0 Å². The lowest BCUT2D eigenvalue weighted by Gasteiger charge is -2.07. The van der Waals surface area contributed by atoms with E-state index in [9.17, 15) is 14.4 Å². The molecule has 7 heteroatoms. The molecular weight excluding hydrogens is 322 g/mol. The van der Waals surface area contributed by atoms with Gasteiger partial charge >= 0.3 is 5.97 Å². The number of carbonyl (C=O) groups is 3. The number of ether oxygens (including phenoxy) is 1. The number of nitrogens with zero attached hydrogens (tertiary/aromatic N) is 1. The number of hydrazone groups is 1. The van der Waals surface area contributed by atoms with E-state index in [2.05, 4.69) is 15.8 Å². The number of anilines is 1. The number of rotatable bonds is 8. The highest BCUT2D eigenvalue weighted by atomic mass is 16.5. The van der Waals surface area contributed by atoms with Gasteiger partial charge in [0.2, 0.25) is 11.8 Å². The third-order valence-electron chi connectivity index (χ3n) is 3.45. The Labute approximate surface area is 147 Å². The zero-order valence-electron chi connectivity index (χ0n) is 15.1. The number of aryl methyl sites for hydroxylation is 2. The zero-order valence-corrected chi connectivity index (χ0v) is 15.1. The van der Waals surface area contributed by atoms with Crippen LogP contribution in [-0.2, 0) is 19.1 Å². The summed E-state index contributed by atoms with van der Waals surface area (Å²) in [5, 5.41) is 6.57. The smallest absolute Gasteiger partial charge is 0.311 e. The molecule has 0 saturated carbocycles. The second-order valence-electron chi connectivity index (χ2n) is 5.71. The van der Waals surface area contributed by atoms with Crippen molar-refractivity contribution in [2.24, 2.45) is 5.10 Å². The highest BCUT2D eigenvalue weighted by molar-refractivity contribution is 5.98. The van der Waals surface area contributed by atoms with Gasteiger partial charge in [-0.05, 0) is 51.0 Å². The summed E-state index contributed by atoms with van der Waals surface area (Å²) in [5.74, 6) is -1.03. The molecule has 7 nitrogen and oxygen atoms in total. The van der Waals surface area contributed by atoms with E-state index >= 15 is 0 Å². The van der Waals surface area contributed by atoms with Crippen molar-refractivity contribution in [3.8, 4) is 0 Å². The first kappa shape index (κ1) is 20.3. The highest BCUT2D eigenvalue weighted by Crippen LogP contribution is 2.14. The van der Waals surface area contributed by atoms with Crippen LogP contribution in [-0.4, -0.2) is 30.1 Å². The van der Waals surface area contributed by atoms with Crippen LogP contribution in [0, 0.1) is 13.8 Å². The lowest BCUT2D eigenvalue weighted by atomic mass is 10.1. The molecule has 136 valence electrons. The van der Waals surface area contributed by atoms with Crippen LogP contribution in [0.15, 0.2) is 23.3 Å². The Balaban J connectivity index is 2.36. The lowest BCUT2D eigenvalue weighted by molar-refractivity contribution is -0.141. The molecule has 0 unspecified atom stereocenters. The van der Waals surface area contributed by atoms with Crippen molar-refractivity contribution >= 4 is 29.2 Å². The molecule has 0 heterocycles. The highest BCUT2D eigenvalue weighted by Gasteiger charge is 2.08. The summed E-state index contributed by atoms with van der Waals surface area (Å²) in [4.78, 5) is 34.8. The van der Waals surface area contributed by atoms with Crippen LogP contribution in [0.1, 0.15) is 44.2 Å². The second kappa shape index (κ2) is 10.2. The van der Waals surface area contributed by atoms with E-state index in [1.807, 2.05) is 32.0 Å². The molecule has 0 spiro atoms. The van der Waals surface area contributed by atoms with Crippen molar-refractivity contribution in [2.75, 3.05) is 11.9 Å². The van der Waals surface area contributed by atoms with Gasteiger partial charge in [0.25, 0.3) is 0 Å². The minimum absolute atomic E-state index is 0.00681. The van der Waals surface area contributed by atoms with E-state index in [0.29, 0.717) is 18.0 Å². The number of benzene rings is 1. The van der Waals surface area contributed by atoms with Crippen molar-refractivity contribution < 1.29 is 19.1 Å². The maximum Gasteiger partial charge on any atom is 0.311 e. The number of hydrogen-bond acceptors (Lipinski definition) is 5. The van der Waals surface area contributed by atoms with E-state index < -0.39 is 11.9 Å². The normalized spacial score (nSPS) is 11.0. The topological polar surface area (TPSA) is 96.9 Å². The van der Waals surface area contributed by atoms with Gasteiger partial charge in [-0.15, -0.1) is 0 Å². The zero-order chi connectivity index (χ0) is 18.8. The summed E-state index contributed by atoms with van der Waals surface area (Å²) in [6, 6.07) is 5.64. The summed E-state index contributed by atoms with van der Waals surface area (Å²) >= 11 is 0. The maximum absolute atomic E-state index is 11.9. The first-order valence-corrected chi connectivity index (χ1v) is 8.16. The molecule has 2 N–H and O–H groups in total. The number of amides is 2. The fourth-order valence-electron chi connectivity index (χ4n) is 1.94. The van der Waals surface area contributed by atoms with E-state index in [0.717, 1.165) is 11.1 Å². The van der Waals surface area contributed by atoms with Gasteiger partial charge in [0.05, 0.1) is 13.0 Å². The van der Waals surface area contributed by atoms with Gasteiger partial charge in [-0.3, -0.25) is 14.4 Å². The number of carbonyl (C=O) groups excluding carboxylic acids is 3.